The summed E-state index contributed by atoms with van der Waals surface area (Å²) in [5, 5.41) is 13.2. The molecule has 1 aliphatic rings. The number of aliphatic imine (C=N–C) groups is 2. The molecule has 0 fully saturated rings. The van der Waals surface area contributed by atoms with E-state index in [0.717, 1.165) is 193 Å². The number of hydrogen-bond donors (Lipinski definition) is 0. The third-order valence-corrected chi connectivity index (χ3v) is 25.4. The van der Waals surface area contributed by atoms with Gasteiger partial charge >= 0.3 is 699 Å². The summed E-state index contributed by atoms with van der Waals surface area (Å²) in [5.74, 6) is 5.64. The first-order valence-electron chi connectivity index (χ1n) is 34.8. The molecule has 529 valence electrons. The van der Waals surface area contributed by atoms with E-state index in [0.29, 0.717) is 17.4 Å². The van der Waals surface area contributed by atoms with Crippen LogP contribution in [0.1, 0.15) is 5.69 Å². The number of aromatic nitrogens is 21. The van der Waals surface area contributed by atoms with E-state index in [1.54, 1.807) is 53.1 Å². The summed E-state index contributed by atoms with van der Waals surface area (Å²) < 4.78 is 16.8. The van der Waals surface area contributed by atoms with E-state index in [1.165, 1.54) is 23.6 Å². The Morgan fingerprint density at radius 3 is 1.83 bits per heavy atom. The van der Waals surface area contributed by atoms with Crippen molar-refractivity contribution in [2.45, 2.75) is 0 Å². The number of para-hydroxylation sites is 8. The van der Waals surface area contributed by atoms with E-state index in [2.05, 4.69) is 184 Å². The normalized spacial score (nSPS) is 12.0. The van der Waals surface area contributed by atoms with Gasteiger partial charge in [-0.05, 0) is 0 Å². The fourth-order valence-corrected chi connectivity index (χ4v) is 18.7. The van der Waals surface area contributed by atoms with Crippen LogP contribution in [0.25, 0.3) is 140 Å². The van der Waals surface area contributed by atoms with E-state index in [9.17, 15) is 4.79 Å². The molecule has 27 nitrogen and oxygen atoms in total. The van der Waals surface area contributed by atoms with Crippen LogP contribution >= 0.6 is 0 Å². The van der Waals surface area contributed by atoms with Crippen molar-refractivity contribution in [1.29, 1.82) is 5.26 Å². The summed E-state index contributed by atoms with van der Waals surface area (Å²) in [6.07, 6.45) is 24.5. The molecule has 0 atom stereocenters. The molecule has 19 aromatic rings. The number of amidine groups is 1. The van der Waals surface area contributed by atoms with Crippen molar-refractivity contribution in [1.82, 2.24) is 98.9 Å². The summed E-state index contributed by atoms with van der Waals surface area (Å²) in [6.45, 7) is 6.88. The first-order valence-corrected chi connectivity index (χ1v) is 42.3. The number of hydrogen-bond acceptors (Lipinski definition) is 19. The number of nitrogens with zero attached hydrogens (tertiary/aromatic N) is 26. The van der Waals surface area contributed by atoms with Gasteiger partial charge in [0.2, 0.25) is 0 Å². The van der Waals surface area contributed by atoms with Gasteiger partial charge in [-0.1, -0.05) is 0 Å². The van der Waals surface area contributed by atoms with Crippen LogP contribution in [0.5, 0.6) is 0 Å². The quantitative estimate of drug-likeness (QED) is 0.0698. The molecule has 20 rings (SSSR count). The molecule has 13 heterocycles. The van der Waals surface area contributed by atoms with Crippen molar-refractivity contribution in [2.75, 3.05) is 0 Å². The fraction of sp³-hybridized carbons (Fsp3) is 0. The Labute approximate surface area is 692 Å². The Morgan fingerprint density at radius 2 is 1.10 bits per heavy atom. The predicted octanol–water partition coefficient (Wildman–Crippen LogP) is 10.6. The number of imidazole rings is 6. The van der Waals surface area contributed by atoms with Gasteiger partial charge in [0.1, 0.15) is 0 Å². The topological polar surface area (TPSA) is 288 Å². The van der Waals surface area contributed by atoms with Crippen LogP contribution in [-0.2, 0) is 0 Å². The number of benzene rings is 7. The van der Waals surface area contributed by atoms with Crippen molar-refractivity contribution in [3.63, 3.8) is 0 Å². The predicted molar refractivity (Wildman–Crippen MR) is 442 cm³/mol. The maximum atomic E-state index is 11.3. The third kappa shape index (κ3) is 16.0. The molecule has 1 aliphatic heterocycles. The van der Waals surface area contributed by atoms with Crippen LogP contribution in [0.3, 0.4) is 0 Å². The summed E-state index contributed by atoms with van der Waals surface area (Å²) in [7, 11) is 0. The Morgan fingerprint density at radius 1 is 0.460 bits per heavy atom. The van der Waals surface area contributed by atoms with Gasteiger partial charge in [-0.15, -0.1) is 0 Å². The molecule has 0 amide bonds. The number of rotatable bonds is 10. The Balaban J connectivity index is 0.000000110. The standard InChI is InChI=1S/C20H13N4.C16H11N4.C15H9N4.C12H8N4O.C10H4N7.C8H6N3.5Ga.4H/c1-2-8-14(9-3-1)24-18-13-7-6-12-17(18)23-20(24)19-21-15-10-4-5-11-16(15)22-19;1-2-6-12(7-3-1)20-10-15(17-11-20)16-18-13-8-4-5-9-14(13)19-16;1-2-4-11-8-17-13(7-10(11)3-1)15-18-12-5-6-16-9-14(12)19-15;17-12-15-7-14-11(16-12)10-9-4-2-1-3-8(9)5-6-13-10;1-12-7(4-11)9-15-6-16-10(17-9)8-5-13-2-3-14-8;1-2-4-9-7(3-1)8-10-5-6-11-8;;;;;;;;;/h1-13H;1-11H;1-9H;1-7H,(H,14,15,16,17);2-3,5-6H;1-6H;;;;;;;;;/q3*-1;;2*-1;4*+1;+2;;;;/p-1/b;;;;9-7-;;;;;;;;;;. The van der Waals surface area contributed by atoms with Crippen molar-refractivity contribution >= 4 is 171 Å². The molecular weight excluding hydrogens is 1700 g/mol. The van der Waals surface area contributed by atoms with Crippen LogP contribution in [0, 0.1) is 17.9 Å². The molecule has 0 saturated carbocycles. The zero-order chi connectivity index (χ0) is 77.2. The average Bonchev–Trinajstić information content (AvgIpc) is 1.60. The summed E-state index contributed by atoms with van der Waals surface area (Å²) in [5.41, 5.74) is 13.8. The van der Waals surface area contributed by atoms with Gasteiger partial charge in [-0.3, -0.25) is 0 Å². The number of allylic oxidation sites excluding steroid dienone is 1. The number of fused-ring (bicyclic) bond motifs is 6. The van der Waals surface area contributed by atoms with Crippen LogP contribution in [0.15, 0.2) is 326 Å². The average molecular weight is 1760 g/mol. The van der Waals surface area contributed by atoms with Gasteiger partial charge in [0.25, 0.3) is 0 Å². The van der Waals surface area contributed by atoms with Gasteiger partial charge in [0, 0.05) is 0 Å². The minimum absolute atomic E-state index is 0.109. The molecule has 0 saturated heterocycles. The molecule has 0 N–H and O–H groups in total. The molecule has 0 aliphatic carbocycles. The third-order valence-electron chi connectivity index (χ3n) is 17.8. The first-order chi connectivity index (χ1) is 55.5. The van der Waals surface area contributed by atoms with Gasteiger partial charge in [-0.25, -0.2) is 0 Å². The van der Waals surface area contributed by atoms with E-state index >= 15 is 0 Å². The zero-order valence-corrected chi connectivity index (χ0v) is 74.1. The molecule has 113 heavy (non-hydrogen) atoms. The Bertz CT molecular complexity index is 6930. The van der Waals surface area contributed by atoms with E-state index in [4.69, 9.17) is 26.8 Å². The van der Waals surface area contributed by atoms with Crippen LogP contribution in [0.4, 0.5) is 0 Å². The Hall–Kier alpha value is -13.1. The van der Waals surface area contributed by atoms with Gasteiger partial charge in [0.05, 0.1) is 0 Å². The molecule has 5 radical (unpaired) electrons. The SMILES string of the molecule is O=c1nc[n]([GaH])c(-c2nccc3ccccc23)n1.[C-]#[N+]/C(C#N)=C1/N=C[N]([GaH])C(c2cnccn2)=N1.[GaH][n]1c(-c2cc3ccccc3cn2)nc2cnccc21.[GaH][n]1c(-c2cn(-c3ccccc3)cn2)nc2ccccc21.c1ccc(-n2c(-c3nc4ccccc4[n]3[Ga][n]3ccnc3-c3ccccn3)nc3ccccc32)cc1. The summed E-state index contributed by atoms with van der Waals surface area (Å²) in [6, 6.07) is 75.1. The molecular formula is C81H54Ga5N26O. The second-order valence-electron chi connectivity index (χ2n) is 24.8. The van der Waals surface area contributed by atoms with Gasteiger partial charge in [0.15, 0.2) is 0 Å². The molecule has 0 unspecified atom stereocenters. The zero-order valence-electron chi connectivity index (χ0n) is 59.8. The number of pyridine rings is 4. The first kappa shape index (κ1) is 74.0. The van der Waals surface area contributed by atoms with E-state index in [-0.39, 0.29) is 11.5 Å². The fourth-order valence-electron chi connectivity index (χ4n) is 12.5. The van der Waals surface area contributed by atoms with Crippen molar-refractivity contribution < 1.29 is 0 Å². The molecule has 0 bridgehead atoms. The second kappa shape index (κ2) is 34.0. The number of nitriles is 1. The summed E-state index contributed by atoms with van der Waals surface area (Å²) in [4.78, 5) is 84.5. The minimum atomic E-state index is -1.34. The van der Waals surface area contributed by atoms with Crippen molar-refractivity contribution in [3.8, 4) is 75.2 Å². The van der Waals surface area contributed by atoms with E-state index < -0.39 is 23.6 Å². The van der Waals surface area contributed by atoms with Crippen LogP contribution < -0.4 is 5.69 Å². The summed E-state index contributed by atoms with van der Waals surface area (Å²) >= 11 is 2.21. The van der Waals surface area contributed by atoms with Crippen LogP contribution in [0.2, 0.25) is 0 Å². The van der Waals surface area contributed by atoms with E-state index in [1.807, 2.05) is 160 Å². The Kier molecular flexibility index (Phi) is 22.3. The van der Waals surface area contributed by atoms with Gasteiger partial charge in [-0.2, -0.15) is 0 Å². The monoisotopic (exact) mass is 1750 g/mol. The molecule has 12 aromatic heterocycles. The molecule has 32 heteroatoms. The van der Waals surface area contributed by atoms with Crippen LogP contribution in [-0.4, -0.2) is 204 Å². The van der Waals surface area contributed by atoms with Crippen molar-refractivity contribution in [2.24, 2.45) is 9.98 Å². The maximum absolute atomic E-state index is 11.3. The van der Waals surface area contributed by atoms with Gasteiger partial charge < -0.3 is 0 Å². The van der Waals surface area contributed by atoms with Crippen molar-refractivity contribution in [3.05, 3.63) is 338 Å². The molecule has 0 spiro atoms. The molecule has 7 aromatic carbocycles. The second-order valence-corrected chi connectivity index (χ2v) is 33.1.